The Kier molecular flexibility index (Phi) is 5.43. The highest BCUT2D eigenvalue weighted by Crippen LogP contribution is 2.29. The van der Waals surface area contributed by atoms with E-state index in [1.807, 2.05) is 0 Å². The summed E-state index contributed by atoms with van der Waals surface area (Å²) in [6, 6.07) is 5.14. The Bertz CT molecular complexity index is 649. The normalized spacial score (nSPS) is 25.5. The monoisotopic (exact) mass is 347 g/mol. The highest BCUT2D eigenvalue weighted by atomic mass is 16.5. The highest BCUT2D eigenvalue weighted by Gasteiger charge is 2.37. The Morgan fingerprint density at radius 1 is 1.20 bits per heavy atom. The van der Waals surface area contributed by atoms with Gasteiger partial charge in [-0.25, -0.2) is 0 Å². The third-order valence-corrected chi connectivity index (χ3v) is 4.90. The predicted molar refractivity (Wildman–Crippen MR) is 93.9 cm³/mol. The molecule has 2 amide bonds. The Morgan fingerprint density at radius 2 is 1.96 bits per heavy atom. The van der Waals surface area contributed by atoms with Gasteiger partial charge in [-0.2, -0.15) is 0 Å². The van der Waals surface area contributed by atoms with E-state index in [1.165, 1.54) is 7.11 Å². The number of hydrogen-bond acceptors (Lipinski definition) is 5. The maximum absolute atomic E-state index is 12.4. The van der Waals surface area contributed by atoms with Crippen LogP contribution in [0.4, 0.5) is 5.69 Å². The zero-order chi connectivity index (χ0) is 17.8. The van der Waals surface area contributed by atoms with E-state index in [-0.39, 0.29) is 30.3 Å². The van der Waals surface area contributed by atoms with Gasteiger partial charge in [0.05, 0.1) is 32.4 Å². The van der Waals surface area contributed by atoms with Gasteiger partial charge in [0.2, 0.25) is 11.8 Å². The topological polar surface area (TPSA) is 88.7 Å². The van der Waals surface area contributed by atoms with E-state index >= 15 is 0 Å². The lowest BCUT2D eigenvalue weighted by Crippen LogP contribution is -2.65. The van der Waals surface area contributed by atoms with Crippen LogP contribution in [0, 0.1) is 0 Å². The van der Waals surface area contributed by atoms with Gasteiger partial charge in [0, 0.05) is 18.2 Å². The number of fused-ring (bicyclic) bond motifs is 1. The van der Waals surface area contributed by atoms with Crippen molar-refractivity contribution >= 4 is 17.5 Å². The lowest BCUT2D eigenvalue weighted by Gasteiger charge is -2.40. The third kappa shape index (κ3) is 4.04. The summed E-state index contributed by atoms with van der Waals surface area (Å²) >= 11 is 0. The number of anilines is 1. The maximum Gasteiger partial charge on any atom is 0.237 e. The maximum atomic E-state index is 12.4. The van der Waals surface area contributed by atoms with Crippen molar-refractivity contribution in [1.29, 1.82) is 0 Å². The second-order valence-corrected chi connectivity index (χ2v) is 6.54. The summed E-state index contributed by atoms with van der Waals surface area (Å²) in [6.45, 7) is 0. The molecule has 3 atom stereocenters. The van der Waals surface area contributed by atoms with Crippen LogP contribution in [-0.4, -0.2) is 44.2 Å². The van der Waals surface area contributed by atoms with Crippen molar-refractivity contribution in [1.82, 2.24) is 10.6 Å². The molecule has 1 saturated heterocycles. The van der Waals surface area contributed by atoms with Crippen molar-refractivity contribution < 1.29 is 19.1 Å². The summed E-state index contributed by atoms with van der Waals surface area (Å²) in [5, 5.41) is 9.21. The number of amides is 2. The Morgan fingerprint density at radius 3 is 2.68 bits per heavy atom. The summed E-state index contributed by atoms with van der Waals surface area (Å²) in [5.41, 5.74) is 0.556. The van der Waals surface area contributed by atoms with Crippen LogP contribution in [0.15, 0.2) is 18.2 Å². The molecule has 1 aromatic carbocycles. The van der Waals surface area contributed by atoms with E-state index in [4.69, 9.17) is 9.47 Å². The van der Waals surface area contributed by atoms with Gasteiger partial charge in [-0.1, -0.05) is 12.8 Å². The molecule has 0 radical (unpaired) electrons. The molecule has 1 aliphatic carbocycles. The van der Waals surface area contributed by atoms with Crippen molar-refractivity contribution in [3.63, 3.8) is 0 Å². The molecule has 2 aliphatic rings. The molecule has 0 spiro atoms. The fourth-order valence-electron chi connectivity index (χ4n) is 3.56. The summed E-state index contributed by atoms with van der Waals surface area (Å²) in [5.74, 6) is 0.831. The molecule has 3 rings (SSSR count). The van der Waals surface area contributed by atoms with E-state index < -0.39 is 6.04 Å². The molecule has 0 unspecified atom stereocenters. The highest BCUT2D eigenvalue weighted by molar-refractivity contribution is 5.96. The number of rotatable bonds is 5. The molecular formula is C18H25N3O4. The van der Waals surface area contributed by atoms with Crippen molar-refractivity contribution in [3.8, 4) is 11.5 Å². The van der Waals surface area contributed by atoms with Gasteiger partial charge in [0.1, 0.15) is 11.5 Å². The van der Waals surface area contributed by atoms with Crippen molar-refractivity contribution in [2.24, 2.45) is 0 Å². The molecule has 2 fully saturated rings. The summed E-state index contributed by atoms with van der Waals surface area (Å²) in [6.07, 6.45) is 4.43. The zero-order valence-electron chi connectivity index (χ0n) is 14.6. The average Bonchev–Trinajstić information content (AvgIpc) is 2.62. The summed E-state index contributed by atoms with van der Waals surface area (Å²) < 4.78 is 10.4. The smallest absolute Gasteiger partial charge is 0.237 e. The second kappa shape index (κ2) is 7.74. The lowest BCUT2D eigenvalue weighted by molar-refractivity contribution is -0.129. The molecule has 1 aliphatic heterocycles. The molecule has 3 N–H and O–H groups in total. The largest absolute Gasteiger partial charge is 0.497 e. The molecule has 1 heterocycles. The van der Waals surface area contributed by atoms with Crippen molar-refractivity contribution in [2.75, 3.05) is 19.5 Å². The quantitative estimate of drug-likeness (QED) is 0.750. The van der Waals surface area contributed by atoms with Crippen LogP contribution < -0.4 is 25.4 Å². The number of ether oxygens (including phenoxy) is 2. The van der Waals surface area contributed by atoms with Crippen molar-refractivity contribution in [3.05, 3.63) is 18.2 Å². The van der Waals surface area contributed by atoms with E-state index in [0.717, 1.165) is 25.7 Å². The van der Waals surface area contributed by atoms with E-state index in [1.54, 1.807) is 25.3 Å². The standard InChI is InChI=1S/C18H25N3O4/c1-24-11-7-8-14(16(9-11)25-2)20-17(22)10-15-18(23)21-13-6-4-3-5-12(13)19-15/h7-9,12-13,15,19H,3-6,10H2,1-2H3,(H,20,22)(H,21,23)/t12-,13-,15+/m0/s1. The predicted octanol–water partition coefficient (Wildman–Crippen LogP) is 1.43. The molecular weight excluding hydrogens is 322 g/mol. The molecule has 0 aromatic heterocycles. The number of carbonyl (C=O) groups is 2. The zero-order valence-corrected chi connectivity index (χ0v) is 14.6. The van der Waals surface area contributed by atoms with E-state index in [0.29, 0.717) is 17.2 Å². The van der Waals surface area contributed by atoms with Gasteiger partial charge in [-0.3, -0.25) is 9.59 Å². The fourth-order valence-corrected chi connectivity index (χ4v) is 3.56. The molecule has 25 heavy (non-hydrogen) atoms. The molecule has 1 saturated carbocycles. The number of piperazine rings is 1. The van der Waals surface area contributed by atoms with Gasteiger partial charge in [0.15, 0.2) is 0 Å². The van der Waals surface area contributed by atoms with Gasteiger partial charge >= 0.3 is 0 Å². The number of hydrogen-bond donors (Lipinski definition) is 3. The van der Waals surface area contributed by atoms with Crippen LogP contribution >= 0.6 is 0 Å². The van der Waals surface area contributed by atoms with E-state index in [9.17, 15) is 9.59 Å². The third-order valence-electron chi connectivity index (χ3n) is 4.90. The average molecular weight is 347 g/mol. The lowest BCUT2D eigenvalue weighted by atomic mass is 9.87. The van der Waals surface area contributed by atoms with Crippen LogP contribution in [0.5, 0.6) is 11.5 Å². The van der Waals surface area contributed by atoms with Gasteiger partial charge in [-0.05, 0) is 25.0 Å². The number of methoxy groups -OCH3 is 2. The van der Waals surface area contributed by atoms with Crippen LogP contribution in [0.2, 0.25) is 0 Å². The minimum Gasteiger partial charge on any atom is -0.497 e. The number of nitrogens with one attached hydrogen (secondary N) is 3. The second-order valence-electron chi connectivity index (χ2n) is 6.54. The van der Waals surface area contributed by atoms with Gasteiger partial charge in [0.25, 0.3) is 0 Å². The minimum absolute atomic E-state index is 0.0875. The molecule has 7 heteroatoms. The molecule has 0 bridgehead atoms. The first-order valence-corrected chi connectivity index (χ1v) is 8.69. The first-order chi connectivity index (χ1) is 12.1. The fraction of sp³-hybridized carbons (Fsp3) is 0.556. The number of benzene rings is 1. The Balaban J connectivity index is 1.61. The van der Waals surface area contributed by atoms with Gasteiger partial charge < -0.3 is 25.4 Å². The summed E-state index contributed by atoms with van der Waals surface area (Å²) in [7, 11) is 3.10. The first kappa shape index (κ1) is 17.5. The van der Waals surface area contributed by atoms with E-state index in [2.05, 4.69) is 16.0 Å². The first-order valence-electron chi connectivity index (χ1n) is 8.69. The van der Waals surface area contributed by atoms with Crippen molar-refractivity contribution in [2.45, 2.75) is 50.2 Å². The van der Waals surface area contributed by atoms with Crippen LogP contribution in [-0.2, 0) is 9.59 Å². The molecule has 1 aromatic rings. The minimum atomic E-state index is -0.497. The Hall–Kier alpha value is -2.28. The van der Waals surface area contributed by atoms with Gasteiger partial charge in [-0.15, -0.1) is 0 Å². The SMILES string of the molecule is COc1ccc(NC(=O)C[C@H]2N[C@H]3CCCC[C@@H]3NC2=O)c(OC)c1. The molecule has 136 valence electrons. The van der Waals surface area contributed by atoms with Crippen LogP contribution in [0.25, 0.3) is 0 Å². The summed E-state index contributed by atoms with van der Waals surface area (Å²) in [4.78, 5) is 24.6. The van der Waals surface area contributed by atoms with Crippen LogP contribution in [0.1, 0.15) is 32.1 Å². The van der Waals surface area contributed by atoms with Crippen LogP contribution in [0.3, 0.4) is 0 Å². The molecule has 7 nitrogen and oxygen atoms in total. The Labute approximate surface area is 147 Å². The number of carbonyl (C=O) groups excluding carboxylic acids is 2.